The number of rotatable bonds is 3. The molecule has 1 aliphatic carbocycles. The highest BCUT2D eigenvalue weighted by Crippen LogP contribution is 2.33. The van der Waals surface area contributed by atoms with E-state index in [1.807, 2.05) is 6.07 Å². The van der Waals surface area contributed by atoms with Crippen LogP contribution >= 0.6 is 15.9 Å². The van der Waals surface area contributed by atoms with Gasteiger partial charge in [-0.1, -0.05) is 15.9 Å². The van der Waals surface area contributed by atoms with E-state index < -0.39 is 0 Å². The molecule has 1 unspecified atom stereocenters. The summed E-state index contributed by atoms with van der Waals surface area (Å²) in [4.78, 5) is 0. The van der Waals surface area contributed by atoms with Gasteiger partial charge in [0.15, 0.2) is 0 Å². The van der Waals surface area contributed by atoms with Gasteiger partial charge in [-0.05, 0) is 49.9 Å². The Kier molecular flexibility index (Phi) is 2.91. The van der Waals surface area contributed by atoms with Gasteiger partial charge in [-0.25, -0.2) is 0 Å². The van der Waals surface area contributed by atoms with Crippen LogP contribution in [0, 0.1) is 0 Å². The fourth-order valence-electron chi connectivity index (χ4n) is 2.65. The third-order valence-corrected chi connectivity index (χ3v) is 4.47. The first-order chi connectivity index (χ1) is 8.15. The van der Waals surface area contributed by atoms with Crippen molar-refractivity contribution < 1.29 is 4.74 Å². The maximum atomic E-state index is 5.94. The first kappa shape index (κ1) is 11.5. The summed E-state index contributed by atoms with van der Waals surface area (Å²) >= 11 is 3.50. The Morgan fingerprint density at radius 2 is 2.29 bits per heavy atom. The second-order valence-corrected chi connectivity index (χ2v) is 6.41. The van der Waals surface area contributed by atoms with E-state index in [9.17, 15) is 0 Å². The van der Waals surface area contributed by atoms with Crippen LogP contribution < -0.4 is 10.1 Å². The van der Waals surface area contributed by atoms with Crippen LogP contribution in [0.2, 0.25) is 0 Å². The lowest BCUT2D eigenvalue weighted by molar-refractivity contribution is 0.161. The van der Waals surface area contributed by atoms with Gasteiger partial charge in [-0.2, -0.15) is 0 Å². The minimum absolute atomic E-state index is 0.303. The highest BCUT2D eigenvalue weighted by atomic mass is 79.9. The van der Waals surface area contributed by atoms with Gasteiger partial charge >= 0.3 is 0 Å². The number of nitrogens with one attached hydrogen (secondary N) is 1. The highest BCUT2D eigenvalue weighted by Gasteiger charge is 2.33. The number of benzene rings is 1. The molecule has 0 aromatic heterocycles. The molecule has 0 spiro atoms. The molecule has 0 radical (unpaired) electrons. The molecule has 0 saturated heterocycles. The molecule has 1 N–H and O–H groups in total. The smallest absolute Gasteiger partial charge is 0.123 e. The Labute approximate surface area is 111 Å². The van der Waals surface area contributed by atoms with Crippen LogP contribution in [0.1, 0.15) is 31.7 Å². The minimum atomic E-state index is 0.303. The van der Waals surface area contributed by atoms with Crippen molar-refractivity contribution in [1.29, 1.82) is 0 Å². The van der Waals surface area contributed by atoms with Gasteiger partial charge < -0.3 is 10.1 Å². The number of hydrogen-bond donors (Lipinski definition) is 1. The van der Waals surface area contributed by atoms with Gasteiger partial charge in [0.1, 0.15) is 11.9 Å². The van der Waals surface area contributed by atoms with Crippen LogP contribution in [0.15, 0.2) is 22.7 Å². The zero-order chi connectivity index (χ0) is 11.9. The van der Waals surface area contributed by atoms with Crippen LogP contribution in [0.5, 0.6) is 5.75 Å². The summed E-state index contributed by atoms with van der Waals surface area (Å²) in [6.45, 7) is 3.28. The molecule has 0 bridgehead atoms. The van der Waals surface area contributed by atoms with Gasteiger partial charge in [0.2, 0.25) is 0 Å². The van der Waals surface area contributed by atoms with Crippen molar-refractivity contribution in [3.05, 3.63) is 28.2 Å². The van der Waals surface area contributed by atoms with Gasteiger partial charge in [-0.15, -0.1) is 0 Å². The molecule has 3 rings (SSSR count). The van der Waals surface area contributed by atoms with Crippen LogP contribution in [-0.2, 0) is 6.42 Å². The van der Waals surface area contributed by atoms with Crippen molar-refractivity contribution in [2.45, 2.75) is 44.2 Å². The predicted octanol–water partition coefficient (Wildman–Crippen LogP) is 3.28. The number of hydrogen-bond acceptors (Lipinski definition) is 2. The zero-order valence-electron chi connectivity index (χ0n) is 10.1. The summed E-state index contributed by atoms with van der Waals surface area (Å²) < 4.78 is 7.08. The molecule has 2 aliphatic rings. The Hall–Kier alpha value is -0.540. The van der Waals surface area contributed by atoms with Crippen molar-refractivity contribution in [1.82, 2.24) is 5.32 Å². The summed E-state index contributed by atoms with van der Waals surface area (Å²) in [5.74, 6) is 1.05. The first-order valence-electron chi connectivity index (χ1n) is 6.35. The highest BCUT2D eigenvalue weighted by molar-refractivity contribution is 9.10. The summed E-state index contributed by atoms with van der Waals surface area (Å²) in [5.41, 5.74) is 1.70. The van der Waals surface area contributed by atoms with Crippen molar-refractivity contribution in [3.63, 3.8) is 0 Å². The maximum absolute atomic E-state index is 5.94. The molecule has 1 fully saturated rings. The molecule has 17 heavy (non-hydrogen) atoms. The molecule has 1 saturated carbocycles. The quantitative estimate of drug-likeness (QED) is 0.924. The average Bonchev–Trinajstić information content (AvgIpc) is 2.65. The van der Waals surface area contributed by atoms with Crippen molar-refractivity contribution in [3.8, 4) is 5.75 Å². The molecule has 0 amide bonds. The Balaban J connectivity index is 1.58. The number of fused-ring (bicyclic) bond motifs is 1. The molecule has 92 valence electrons. The standard InChI is InChI=1S/C14H18BrNO/c1-14(5-2-6-14)16-9-12-8-10-7-11(15)3-4-13(10)17-12/h3-4,7,12,16H,2,5-6,8-9H2,1H3. The van der Waals surface area contributed by atoms with Gasteiger partial charge in [0.05, 0.1) is 0 Å². The van der Waals surface area contributed by atoms with Crippen molar-refractivity contribution in [2.75, 3.05) is 6.54 Å². The summed E-state index contributed by atoms with van der Waals surface area (Å²) in [6.07, 6.45) is 5.30. The topological polar surface area (TPSA) is 21.3 Å². The lowest BCUT2D eigenvalue weighted by Crippen LogP contribution is -2.51. The van der Waals surface area contributed by atoms with E-state index >= 15 is 0 Å². The third kappa shape index (κ3) is 2.36. The van der Waals surface area contributed by atoms with Crippen LogP contribution in [0.3, 0.4) is 0 Å². The van der Waals surface area contributed by atoms with Crippen molar-refractivity contribution >= 4 is 15.9 Å². The second kappa shape index (κ2) is 4.29. The zero-order valence-corrected chi connectivity index (χ0v) is 11.7. The fourth-order valence-corrected chi connectivity index (χ4v) is 3.06. The van der Waals surface area contributed by atoms with Gasteiger partial charge in [0, 0.05) is 23.0 Å². The molecular formula is C14H18BrNO. The molecule has 1 heterocycles. The molecule has 1 atom stereocenters. The molecular weight excluding hydrogens is 278 g/mol. The SMILES string of the molecule is CC1(NCC2Cc3cc(Br)ccc3O2)CCC1. The Bertz CT molecular complexity index is 428. The molecule has 1 aliphatic heterocycles. The Morgan fingerprint density at radius 1 is 1.47 bits per heavy atom. The van der Waals surface area contributed by atoms with E-state index in [-0.39, 0.29) is 0 Å². The largest absolute Gasteiger partial charge is 0.488 e. The summed E-state index contributed by atoms with van der Waals surface area (Å²) in [6, 6.07) is 6.27. The summed E-state index contributed by atoms with van der Waals surface area (Å²) in [5, 5.41) is 3.65. The molecule has 1 aromatic carbocycles. The van der Waals surface area contributed by atoms with Crippen LogP contribution in [-0.4, -0.2) is 18.2 Å². The number of ether oxygens (including phenoxy) is 1. The van der Waals surface area contributed by atoms with Crippen molar-refractivity contribution in [2.24, 2.45) is 0 Å². The van der Waals surface area contributed by atoms with E-state index in [1.54, 1.807) is 0 Å². The van der Waals surface area contributed by atoms with Crippen LogP contribution in [0.4, 0.5) is 0 Å². The average molecular weight is 296 g/mol. The van der Waals surface area contributed by atoms with E-state index in [2.05, 4.69) is 40.3 Å². The summed E-state index contributed by atoms with van der Waals surface area (Å²) in [7, 11) is 0. The number of halogens is 1. The van der Waals surface area contributed by atoms with E-state index in [0.717, 1.165) is 23.2 Å². The minimum Gasteiger partial charge on any atom is -0.488 e. The van der Waals surface area contributed by atoms with E-state index in [0.29, 0.717) is 11.6 Å². The third-order valence-electron chi connectivity index (χ3n) is 3.98. The monoisotopic (exact) mass is 295 g/mol. The van der Waals surface area contributed by atoms with Gasteiger partial charge in [0.25, 0.3) is 0 Å². The maximum Gasteiger partial charge on any atom is 0.123 e. The molecule has 2 nitrogen and oxygen atoms in total. The normalized spacial score (nSPS) is 24.9. The molecule has 3 heteroatoms. The molecule has 1 aromatic rings. The second-order valence-electron chi connectivity index (χ2n) is 5.49. The van der Waals surface area contributed by atoms with E-state index in [1.165, 1.54) is 24.8 Å². The van der Waals surface area contributed by atoms with E-state index in [4.69, 9.17) is 4.74 Å². The lowest BCUT2D eigenvalue weighted by atomic mass is 9.78. The fraction of sp³-hybridized carbons (Fsp3) is 0.571. The van der Waals surface area contributed by atoms with Crippen LogP contribution in [0.25, 0.3) is 0 Å². The Morgan fingerprint density at radius 3 is 3.00 bits per heavy atom. The van der Waals surface area contributed by atoms with Gasteiger partial charge in [-0.3, -0.25) is 0 Å². The predicted molar refractivity (Wildman–Crippen MR) is 72.5 cm³/mol. The lowest BCUT2D eigenvalue weighted by Gasteiger charge is -2.40. The first-order valence-corrected chi connectivity index (χ1v) is 7.14.